The quantitative estimate of drug-likeness (QED) is 0.509. The highest BCUT2D eigenvalue weighted by Crippen LogP contribution is 2.34. The zero-order valence-corrected chi connectivity index (χ0v) is 14.0. The van der Waals surface area contributed by atoms with E-state index in [9.17, 15) is 4.79 Å². The third-order valence-electron chi connectivity index (χ3n) is 4.08. The molecule has 25 heavy (non-hydrogen) atoms. The third-order valence-corrected chi connectivity index (χ3v) is 4.08. The maximum Gasteiger partial charge on any atom is 0.304 e. The maximum atomic E-state index is 11.7. The van der Waals surface area contributed by atoms with Gasteiger partial charge < -0.3 is 4.74 Å². The van der Waals surface area contributed by atoms with Gasteiger partial charge in [-0.25, -0.2) is 0 Å². The number of esters is 1. The van der Waals surface area contributed by atoms with Crippen molar-refractivity contribution in [3.05, 3.63) is 96.1 Å². The highest BCUT2D eigenvalue weighted by atomic mass is 16.6. The van der Waals surface area contributed by atoms with Crippen LogP contribution in [0.1, 0.15) is 18.1 Å². The molecule has 1 atom stereocenters. The van der Waals surface area contributed by atoms with Crippen LogP contribution in [0.4, 0.5) is 0 Å². The Hall–Kier alpha value is -3.31. The first-order chi connectivity index (χ1) is 12.2. The van der Waals surface area contributed by atoms with Gasteiger partial charge in [-0.1, -0.05) is 84.9 Å². The van der Waals surface area contributed by atoms with Crippen molar-refractivity contribution >= 4 is 5.97 Å². The topological polar surface area (TPSA) is 26.3 Å². The van der Waals surface area contributed by atoms with Gasteiger partial charge >= 0.3 is 5.97 Å². The number of rotatable bonds is 4. The molecule has 0 aliphatic carbocycles. The second-order valence-electron chi connectivity index (χ2n) is 5.73. The Kier molecular flexibility index (Phi) is 4.68. The van der Waals surface area contributed by atoms with Gasteiger partial charge in [0.2, 0.25) is 5.60 Å². The van der Waals surface area contributed by atoms with Crippen LogP contribution in [0.15, 0.2) is 84.9 Å². The van der Waals surface area contributed by atoms with Crippen molar-refractivity contribution in [3.63, 3.8) is 0 Å². The van der Waals surface area contributed by atoms with E-state index in [2.05, 4.69) is 5.92 Å². The minimum atomic E-state index is -1.23. The summed E-state index contributed by atoms with van der Waals surface area (Å²) in [6, 6.07) is 27.3. The average Bonchev–Trinajstić information content (AvgIpc) is 2.67. The van der Waals surface area contributed by atoms with Gasteiger partial charge in [-0.2, -0.15) is 0 Å². The van der Waals surface area contributed by atoms with E-state index in [4.69, 9.17) is 11.2 Å². The molecule has 0 aliphatic rings. The van der Waals surface area contributed by atoms with E-state index in [0.717, 1.165) is 22.3 Å². The van der Waals surface area contributed by atoms with Crippen LogP contribution in [-0.4, -0.2) is 5.97 Å². The number of terminal acetylenes is 1. The van der Waals surface area contributed by atoms with Gasteiger partial charge in [0.25, 0.3) is 0 Å². The molecule has 0 spiro atoms. The normalized spacial score (nSPS) is 12.6. The van der Waals surface area contributed by atoms with E-state index in [1.807, 2.05) is 84.9 Å². The smallest absolute Gasteiger partial charge is 0.304 e. The summed E-state index contributed by atoms with van der Waals surface area (Å²) in [5, 5.41) is 0. The van der Waals surface area contributed by atoms with Gasteiger partial charge in [0.05, 0.1) is 0 Å². The Morgan fingerprint density at radius 2 is 1.28 bits per heavy atom. The molecule has 122 valence electrons. The first-order valence-corrected chi connectivity index (χ1v) is 8.04. The van der Waals surface area contributed by atoms with Crippen LogP contribution in [0.3, 0.4) is 0 Å². The van der Waals surface area contributed by atoms with Crippen molar-refractivity contribution in [3.8, 4) is 23.5 Å². The number of hydrogen-bond donors (Lipinski definition) is 0. The van der Waals surface area contributed by atoms with E-state index < -0.39 is 11.6 Å². The largest absolute Gasteiger partial charge is 0.437 e. The van der Waals surface area contributed by atoms with Gasteiger partial charge in [0, 0.05) is 18.1 Å². The van der Waals surface area contributed by atoms with Crippen LogP contribution in [0.25, 0.3) is 11.1 Å². The molecular weight excluding hydrogens is 308 g/mol. The average molecular weight is 326 g/mol. The molecule has 3 aromatic carbocycles. The molecule has 0 fully saturated rings. The van der Waals surface area contributed by atoms with E-state index in [1.165, 1.54) is 6.92 Å². The van der Waals surface area contributed by atoms with Crippen LogP contribution >= 0.6 is 0 Å². The monoisotopic (exact) mass is 326 g/mol. The van der Waals surface area contributed by atoms with Crippen LogP contribution in [-0.2, 0) is 15.1 Å². The predicted octanol–water partition coefficient (Wildman–Crippen LogP) is 4.79. The summed E-state index contributed by atoms with van der Waals surface area (Å²) in [4.78, 5) is 11.7. The molecule has 1 unspecified atom stereocenters. The molecule has 0 saturated carbocycles. The number of ether oxygens (including phenoxy) is 1. The van der Waals surface area contributed by atoms with Crippen molar-refractivity contribution < 1.29 is 9.53 Å². The molecule has 0 heterocycles. The Morgan fingerprint density at radius 3 is 1.80 bits per heavy atom. The second kappa shape index (κ2) is 7.07. The molecular formula is C23H18O2. The number of carbonyl (C=O) groups excluding carboxylic acids is 1. The molecule has 0 radical (unpaired) electrons. The first-order valence-electron chi connectivity index (χ1n) is 8.04. The van der Waals surface area contributed by atoms with Crippen molar-refractivity contribution in [1.82, 2.24) is 0 Å². The molecule has 3 rings (SSSR count). The zero-order valence-electron chi connectivity index (χ0n) is 14.0. The van der Waals surface area contributed by atoms with Gasteiger partial charge in [-0.3, -0.25) is 4.79 Å². The summed E-state index contributed by atoms with van der Waals surface area (Å²) in [6.45, 7) is 1.37. The fourth-order valence-electron chi connectivity index (χ4n) is 2.90. The predicted molar refractivity (Wildman–Crippen MR) is 99.7 cm³/mol. The lowest BCUT2D eigenvalue weighted by atomic mass is 9.86. The number of benzene rings is 3. The molecule has 3 aromatic rings. The zero-order chi connectivity index (χ0) is 17.7. The lowest BCUT2D eigenvalue weighted by Crippen LogP contribution is -2.31. The first kappa shape index (κ1) is 16.5. The molecule has 2 heteroatoms. The highest BCUT2D eigenvalue weighted by Gasteiger charge is 2.35. The Bertz CT molecular complexity index is 890. The fraction of sp³-hybridized carbons (Fsp3) is 0.0870. The Morgan fingerprint density at radius 1 is 0.800 bits per heavy atom. The molecule has 0 bridgehead atoms. The summed E-state index contributed by atoms with van der Waals surface area (Å²) >= 11 is 0. The van der Waals surface area contributed by atoms with Crippen LogP contribution in [0.2, 0.25) is 0 Å². The van der Waals surface area contributed by atoms with Crippen molar-refractivity contribution in [2.24, 2.45) is 0 Å². The molecule has 0 saturated heterocycles. The third kappa shape index (κ3) is 3.32. The second-order valence-corrected chi connectivity index (χ2v) is 5.73. The fourth-order valence-corrected chi connectivity index (χ4v) is 2.90. The summed E-state index contributed by atoms with van der Waals surface area (Å²) in [7, 11) is 0. The Labute approximate surface area is 148 Å². The van der Waals surface area contributed by atoms with E-state index >= 15 is 0 Å². The van der Waals surface area contributed by atoms with Crippen molar-refractivity contribution in [1.29, 1.82) is 0 Å². The van der Waals surface area contributed by atoms with E-state index in [0.29, 0.717) is 0 Å². The van der Waals surface area contributed by atoms with Gasteiger partial charge in [0.15, 0.2) is 0 Å². The summed E-state index contributed by atoms with van der Waals surface area (Å²) in [6.07, 6.45) is 5.84. The number of carbonyl (C=O) groups is 1. The molecule has 2 nitrogen and oxygen atoms in total. The minimum Gasteiger partial charge on any atom is -0.437 e. The lowest BCUT2D eigenvalue weighted by molar-refractivity contribution is -0.149. The SMILES string of the molecule is C#CC(OC(C)=O)(c1ccccc1)c1ccc(-c2ccccc2)cc1. The molecule has 0 amide bonds. The van der Waals surface area contributed by atoms with E-state index in [1.54, 1.807) is 0 Å². The Balaban J connectivity index is 2.08. The van der Waals surface area contributed by atoms with Gasteiger partial charge in [-0.05, 0) is 17.0 Å². The highest BCUT2D eigenvalue weighted by molar-refractivity contribution is 5.69. The summed E-state index contributed by atoms with van der Waals surface area (Å²) in [5.74, 6) is 2.27. The molecule has 0 aliphatic heterocycles. The standard InChI is InChI=1S/C23H18O2/c1-3-23(25-18(2)24,21-12-8-5-9-13-21)22-16-14-20(15-17-22)19-10-6-4-7-11-19/h1,4-17H,2H3. The van der Waals surface area contributed by atoms with Crippen LogP contribution < -0.4 is 0 Å². The minimum absolute atomic E-state index is 0.422. The van der Waals surface area contributed by atoms with Crippen LogP contribution in [0.5, 0.6) is 0 Å². The van der Waals surface area contributed by atoms with Gasteiger partial charge in [0.1, 0.15) is 0 Å². The number of hydrogen-bond acceptors (Lipinski definition) is 2. The van der Waals surface area contributed by atoms with E-state index in [-0.39, 0.29) is 0 Å². The van der Waals surface area contributed by atoms with Gasteiger partial charge in [-0.15, -0.1) is 6.42 Å². The molecule has 0 N–H and O–H groups in total. The van der Waals surface area contributed by atoms with Crippen molar-refractivity contribution in [2.45, 2.75) is 12.5 Å². The summed E-state index contributed by atoms with van der Waals surface area (Å²) in [5.41, 5.74) is 2.46. The van der Waals surface area contributed by atoms with Crippen molar-refractivity contribution in [2.75, 3.05) is 0 Å². The van der Waals surface area contributed by atoms with Crippen LogP contribution in [0, 0.1) is 12.3 Å². The maximum absolute atomic E-state index is 11.7. The molecule has 0 aromatic heterocycles. The summed E-state index contributed by atoms with van der Waals surface area (Å²) < 4.78 is 5.63. The lowest BCUT2D eigenvalue weighted by Gasteiger charge is -2.29.